The fraction of sp³-hybridized carbons (Fsp3) is 0.125. The lowest BCUT2D eigenvalue weighted by atomic mass is 10.2. The number of hydrogen-bond donors (Lipinski definition) is 0. The van der Waals surface area contributed by atoms with E-state index < -0.39 is 11.0 Å². The number of ether oxygens (including phenoxy) is 1. The zero-order chi connectivity index (χ0) is 18.0. The first-order chi connectivity index (χ1) is 11.9. The number of aromatic nitrogens is 2. The highest BCUT2D eigenvalue weighted by atomic mass is 79.9. The van der Waals surface area contributed by atoms with Crippen LogP contribution in [0.2, 0.25) is 0 Å². The highest BCUT2D eigenvalue weighted by molar-refractivity contribution is 9.11. The van der Waals surface area contributed by atoms with Gasteiger partial charge in [-0.3, -0.25) is 10.1 Å². The average Bonchev–Trinajstić information content (AvgIpc) is 3.07. The van der Waals surface area contributed by atoms with Crippen molar-refractivity contribution < 1.29 is 14.1 Å². The Balaban J connectivity index is 1.77. The Kier molecular flexibility index (Phi) is 5.14. The molecule has 1 unspecified atom stereocenters. The van der Waals surface area contributed by atoms with Gasteiger partial charge in [0.05, 0.1) is 9.40 Å². The van der Waals surface area contributed by atoms with Gasteiger partial charge in [0.2, 0.25) is 5.89 Å². The van der Waals surface area contributed by atoms with Crippen LogP contribution in [-0.2, 0) is 0 Å². The maximum atomic E-state index is 10.7. The Labute approximate surface area is 159 Å². The quantitative estimate of drug-likeness (QED) is 0.372. The summed E-state index contributed by atoms with van der Waals surface area (Å²) in [5.74, 6) is 1.23. The summed E-state index contributed by atoms with van der Waals surface area (Å²) in [5, 5.41) is 18.7. The molecule has 0 fully saturated rings. The van der Waals surface area contributed by atoms with E-state index >= 15 is 0 Å². The second-order valence-corrected chi connectivity index (χ2v) is 6.85. The molecule has 0 aliphatic carbocycles. The fourth-order valence-electron chi connectivity index (χ4n) is 2.05. The van der Waals surface area contributed by atoms with E-state index in [1.807, 2.05) is 18.2 Å². The van der Waals surface area contributed by atoms with Gasteiger partial charge in [0.1, 0.15) is 5.75 Å². The number of rotatable bonds is 5. The number of nitro groups is 1. The summed E-state index contributed by atoms with van der Waals surface area (Å²) in [6, 6.07) is 11.5. The van der Waals surface area contributed by atoms with Crippen molar-refractivity contribution in [3.05, 3.63) is 67.4 Å². The van der Waals surface area contributed by atoms with Gasteiger partial charge >= 0.3 is 0 Å². The fourth-order valence-corrected chi connectivity index (χ4v) is 3.19. The predicted octanol–water partition coefficient (Wildman–Crippen LogP) is 5.31. The normalized spacial score (nSPS) is 12.0. The molecule has 128 valence electrons. The monoisotopic (exact) mass is 467 g/mol. The Morgan fingerprint density at radius 2 is 1.88 bits per heavy atom. The molecule has 7 nitrogen and oxygen atoms in total. The van der Waals surface area contributed by atoms with Gasteiger partial charge < -0.3 is 9.15 Å². The summed E-state index contributed by atoms with van der Waals surface area (Å²) in [4.78, 5) is 10.2. The molecule has 0 amide bonds. The van der Waals surface area contributed by atoms with Gasteiger partial charge in [0, 0.05) is 22.2 Å². The molecule has 0 spiro atoms. The molecule has 0 bridgehead atoms. The topological polar surface area (TPSA) is 91.3 Å². The largest absolute Gasteiger partial charge is 0.480 e. The van der Waals surface area contributed by atoms with E-state index in [1.165, 1.54) is 12.1 Å². The van der Waals surface area contributed by atoms with E-state index in [9.17, 15) is 10.1 Å². The van der Waals surface area contributed by atoms with Crippen LogP contribution < -0.4 is 4.74 Å². The maximum absolute atomic E-state index is 10.7. The molecule has 0 radical (unpaired) electrons. The summed E-state index contributed by atoms with van der Waals surface area (Å²) < 4.78 is 13.2. The molecule has 1 atom stereocenters. The Morgan fingerprint density at radius 1 is 1.16 bits per heavy atom. The molecule has 0 saturated heterocycles. The standard InChI is InChI=1S/C16H11Br2N3O4/c1-9(24-14-7-4-11(17)8-13(14)18)15-19-20-16(25-15)10-2-5-12(6-3-10)21(22)23/h2-9H,1H3. The number of benzene rings is 2. The zero-order valence-electron chi connectivity index (χ0n) is 12.8. The Bertz CT molecular complexity index is 912. The molecule has 0 saturated carbocycles. The van der Waals surface area contributed by atoms with E-state index in [0.29, 0.717) is 17.2 Å². The molecular weight excluding hydrogens is 458 g/mol. The van der Waals surface area contributed by atoms with Crippen molar-refractivity contribution in [2.24, 2.45) is 0 Å². The summed E-state index contributed by atoms with van der Waals surface area (Å²) in [7, 11) is 0. The van der Waals surface area contributed by atoms with Crippen LogP contribution in [0, 0.1) is 10.1 Å². The van der Waals surface area contributed by atoms with E-state index in [-0.39, 0.29) is 11.6 Å². The second-order valence-electron chi connectivity index (χ2n) is 5.08. The van der Waals surface area contributed by atoms with Crippen LogP contribution in [0.4, 0.5) is 5.69 Å². The summed E-state index contributed by atoms with van der Waals surface area (Å²) in [6.45, 7) is 1.79. The van der Waals surface area contributed by atoms with Crippen LogP contribution in [0.1, 0.15) is 18.9 Å². The van der Waals surface area contributed by atoms with E-state index in [1.54, 1.807) is 19.1 Å². The number of non-ortho nitro benzene ring substituents is 1. The highest BCUT2D eigenvalue weighted by Crippen LogP contribution is 2.32. The van der Waals surface area contributed by atoms with Crippen LogP contribution in [0.3, 0.4) is 0 Å². The predicted molar refractivity (Wildman–Crippen MR) is 97.3 cm³/mol. The maximum Gasteiger partial charge on any atom is 0.269 e. The van der Waals surface area contributed by atoms with Crippen LogP contribution >= 0.6 is 31.9 Å². The first kappa shape index (κ1) is 17.6. The van der Waals surface area contributed by atoms with E-state index in [2.05, 4.69) is 42.1 Å². The van der Waals surface area contributed by atoms with E-state index in [4.69, 9.17) is 9.15 Å². The minimum atomic E-state index is -0.463. The lowest BCUT2D eigenvalue weighted by molar-refractivity contribution is -0.384. The third-order valence-electron chi connectivity index (χ3n) is 3.31. The molecule has 1 aromatic heterocycles. The van der Waals surface area contributed by atoms with Gasteiger partial charge in [-0.2, -0.15) is 0 Å². The van der Waals surface area contributed by atoms with Crippen molar-refractivity contribution >= 4 is 37.5 Å². The van der Waals surface area contributed by atoms with Crippen LogP contribution in [-0.4, -0.2) is 15.1 Å². The molecule has 0 N–H and O–H groups in total. The van der Waals surface area contributed by atoms with Gasteiger partial charge in [-0.1, -0.05) is 15.9 Å². The van der Waals surface area contributed by atoms with Crippen molar-refractivity contribution in [1.29, 1.82) is 0 Å². The molecule has 2 aromatic carbocycles. The molecule has 9 heteroatoms. The number of nitrogens with zero attached hydrogens (tertiary/aromatic N) is 3. The smallest absolute Gasteiger partial charge is 0.269 e. The molecular formula is C16H11Br2N3O4. The van der Waals surface area contributed by atoms with Crippen molar-refractivity contribution in [3.63, 3.8) is 0 Å². The first-order valence-electron chi connectivity index (χ1n) is 7.14. The van der Waals surface area contributed by atoms with Gasteiger partial charge in [0.15, 0.2) is 6.10 Å². The van der Waals surface area contributed by atoms with Crippen LogP contribution in [0.5, 0.6) is 5.75 Å². The number of nitro benzene ring substituents is 1. The average molecular weight is 469 g/mol. The summed E-state index contributed by atoms with van der Waals surface area (Å²) in [5.41, 5.74) is 0.599. The first-order valence-corrected chi connectivity index (χ1v) is 8.72. The molecule has 0 aliphatic heterocycles. The minimum Gasteiger partial charge on any atom is -0.480 e. The summed E-state index contributed by atoms with van der Waals surface area (Å²) in [6.07, 6.45) is -0.461. The minimum absolute atomic E-state index is 0.000258. The van der Waals surface area contributed by atoms with Gasteiger partial charge in [0.25, 0.3) is 11.6 Å². The van der Waals surface area contributed by atoms with Crippen LogP contribution in [0.15, 0.2) is 55.8 Å². The zero-order valence-corrected chi connectivity index (χ0v) is 16.0. The van der Waals surface area contributed by atoms with Gasteiger partial charge in [-0.05, 0) is 53.2 Å². The third kappa shape index (κ3) is 4.05. The number of hydrogen-bond acceptors (Lipinski definition) is 6. The van der Waals surface area contributed by atoms with Gasteiger partial charge in [-0.15, -0.1) is 10.2 Å². The molecule has 1 heterocycles. The summed E-state index contributed by atoms with van der Waals surface area (Å²) >= 11 is 6.81. The third-order valence-corrected chi connectivity index (χ3v) is 4.42. The van der Waals surface area contributed by atoms with E-state index in [0.717, 1.165) is 8.95 Å². The molecule has 3 rings (SSSR count). The highest BCUT2D eigenvalue weighted by Gasteiger charge is 2.18. The Hall–Kier alpha value is -2.26. The lowest BCUT2D eigenvalue weighted by Gasteiger charge is -2.12. The van der Waals surface area contributed by atoms with Crippen molar-refractivity contribution in [1.82, 2.24) is 10.2 Å². The molecule has 0 aliphatic rings. The lowest BCUT2D eigenvalue weighted by Crippen LogP contribution is -2.04. The molecule has 25 heavy (non-hydrogen) atoms. The van der Waals surface area contributed by atoms with Crippen molar-refractivity contribution in [2.75, 3.05) is 0 Å². The van der Waals surface area contributed by atoms with Crippen molar-refractivity contribution in [3.8, 4) is 17.2 Å². The second kappa shape index (κ2) is 7.32. The number of halogens is 2. The molecule has 3 aromatic rings. The van der Waals surface area contributed by atoms with Crippen molar-refractivity contribution in [2.45, 2.75) is 13.0 Å². The van der Waals surface area contributed by atoms with Gasteiger partial charge in [-0.25, -0.2) is 0 Å². The Morgan fingerprint density at radius 3 is 2.52 bits per heavy atom. The SMILES string of the molecule is CC(Oc1ccc(Br)cc1Br)c1nnc(-c2ccc([N+](=O)[O-])cc2)o1. The van der Waals surface area contributed by atoms with Crippen LogP contribution in [0.25, 0.3) is 11.5 Å².